The van der Waals surface area contributed by atoms with Gasteiger partial charge >= 0.3 is 11.9 Å². The summed E-state index contributed by atoms with van der Waals surface area (Å²) in [4.78, 5) is 28.2. The minimum absolute atomic E-state index is 0.143. The van der Waals surface area contributed by atoms with Crippen molar-refractivity contribution in [2.24, 2.45) is 0 Å². The second-order valence-corrected chi connectivity index (χ2v) is 5.40. The Bertz CT molecular complexity index is 895. The van der Waals surface area contributed by atoms with Gasteiger partial charge in [-0.15, -0.1) is 0 Å². The van der Waals surface area contributed by atoms with Crippen molar-refractivity contribution in [3.8, 4) is 11.5 Å². The molecule has 0 atom stereocenters. The third-order valence-electron chi connectivity index (χ3n) is 3.25. The standard InChI is InChI=1S/C19H12ClNO4/c20-15-7-5-13(6-8-15)18(22)24-16-3-1-2-4-17(16)25-19(23)14-9-11-21-12-10-14/h1-12H. The highest BCUT2D eigenvalue weighted by Gasteiger charge is 2.15. The van der Waals surface area contributed by atoms with Crippen LogP contribution in [0.5, 0.6) is 11.5 Å². The summed E-state index contributed by atoms with van der Waals surface area (Å²) in [6.07, 6.45) is 2.98. The zero-order chi connectivity index (χ0) is 17.6. The number of carbonyl (C=O) groups is 2. The van der Waals surface area contributed by atoms with E-state index in [-0.39, 0.29) is 11.5 Å². The monoisotopic (exact) mass is 353 g/mol. The summed E-state index contributed by atoms with van der Waals surface area (Å²) in [6, 6.07) is 15.8. The molecule has 124 valence electrons. The van der Waals surface area contributed by atoms with Crippen LogP contribution >= 0.6 is 11.6 Å². The van der Waals surface area contributed by atoms with Gasteiger partial charge < -0.3 is 9.47 Å². The number of benzene rings is 2. The zero-order valence-electron chi connectivity index (χ0n) is 12.9. The summed E-state index contributed by atoms with van der Waals surface area (Å²) in [5.41, 5.74) is 0.675. The van der Waals surface area contributed by atoms with Gasteiger partial charge in [0.2, 0.25) is 0 Å². The number of carbonyl (C=O) groups excluding carboxylic acids is 2. The first-order valence-electron chi connectivity index (χ1n) is 7.32. The van der Waals surface area contributed by atoms with Crippen LogP contribution in [0.15, 0.2) is 73.1 Å². The maximum Gasteiger partial charge on any atom is 0.343 e. The fourth-order valence-electron chi connectivity index (χ4n) is 2.01. The van der Waals surface area contributed by atoms with E-state index < -0.39 is 11.9 Å². The molecular weight excluding hydrogens is 342 g/mol. The molecule has 1 aromatic heterocycles. The predicted octanol–water partition coefficient (Wildman–Crippen LogP) is 4.17. The first-order chi connectivity index (χ1) is 12.1. The van der Waals surface area contributed by atoms with E-state index in [2.05, 4.69) is 4.98 Å². The fourth-order valence-corrected chi connectivity index (χ4v) is 2.14. The Hall–Kier alpha value is -3.18. The molecule has 0 unspecified atom stereocenters. The van der Waals surface area contributed by atoms with E-state index in [1.165, 1.54) is 24.5 Å². The highest BCUT2D eigenvalue weighted by atomic mass is 35.5. The lowest BCUT2D eigenvalue weighted by molar-refractivity contribution is 0.0682. The third-order valence-corrected chi connectivity index (χ3v) is 3.50. The molecule has 0 bridgehead atoms. The van der Waals surface area contributed by atoms with Gasteiger partial charge in [0.15, 0.2) is 11.5 Å². The lowest BCUT2D eigenvalue weighted by atomic mass is 10.2. The number of pyridine rings is 1. The minimum atomic E-state index is -0.580. The number of ether oxygens (including phenoxy) is 2. The molecule has 0 saturated heterocycles. The summed E-state index contributed by atoms with van der Waals surface area (Å²) in [5.74, 6) is -0.863. The van der Waals surface area contributed by atoms with Crippen molar-refractivity contribution < 1.29 is 19.1 Å². The van der Waals surface area contributed by atoms with Gasteiger partial charge in [-0.1, -0.05) is 23.7 Å². The van der Waals surface area contributed by atoms with E-state index in [4.69, 9.17) is 21.1 Å². The quantitative estimate of drug-likeness (QED) is 0.520. The van der Waals surface area contributed by atoms with Crippen LogP contribution in [0.2, 0.25) is 5.02 Å². The van der Waals surface area contributed by atoms with E-state index in [1.807, 2.05) is 0 Å². The first-order valence-corrected chi connectivity index (χ1v) is 7.70. The molecule has 0 spiro atoms. The molecule has 5 nitrogen and oxygen atoms in total. The number of esters is 2. The largest absolute Gasteiger partial charge is 0.419 e. The van der Waals surface area contributed by atoms with Crippen LogP contribution in [0.4, 0.5) is 0 Å². The number of nitrogens with zero attached hydrogens (tertiary/aromatic N) is 1. The fraction of sp³-hybridized carbons (Fsp3) is 0. The van der Waals surface area contributed by atoms with Crippen molar-refractivity contribution in [3.05, 3.63) is 89.2 Å². The van der Waals surface area contributed by atoms with Gasteiger partial charge in [0.25, 0.3) is 0 Å². The van der Waals surface area contributed by atoms with Crippen LogP contribution in [0, 0.1) is 0 Å². The van der Waals surface area contributed by atoms with Gasteiger partial charge in [-0.05, 0) is 48.5 Å². The SMILES string of the molecule is O=C(Oc1ccccc1OC(=O)c1ccc(Cl)cc1)c1ccncc1. The van der Waals surface area contributed by atoms with Crippen LogP contribution in [0.3, 0.4) is 0 Å². The Morgan fingerprint density at radius 3 is 1.72 bits per heavy atom. The Morgan fingerprint density at radius 2 is 1.20 bits per heavy atom. The topological polar surface area (TPSA) is 65.5 Å². The molecular formula is C19H12ClNO4. The Balaban J connectivity index is 1.78. The van der Waals surface area contributed by atoms with Crippen LogP contribution in [0.1, 0.15) is 20.7 Å². The first kappa shape index (κ1) is 16.7. The number of rotatable bonds is 4. The number of hydrogen-bond donors (Lipinski definition) is 0. The smallest absolute Gasteiger partial charge is 0.343 e. The van der Waals surface area contributed by atoms with Crippen molar-refractivity contribution in [1.29, 1.82) is 0 Å². The average Bonchev–Trinajstić information content (AvgIpc) is 2.64. The van der Waals surface area contributed by atoms with Crippen LogP contribution in [0.25, 0.3) is 0 Å². The normalized spacial score (nSPS) is 10.1. The van der Waals surface area contributed by atoms with E-state index >= 15 is 0 Å². The van der Waals surface area contributed by atoms with Crippen LogP contribution in [-0.2, 0) is 0 Å². The summed E-state index contributed by atoms with van der Waals surface area (Å²) in [7, 11) is 0. The van der Waals surface area contributed by atoms with Crippen molar-refractivity contribution in [2.75, 3.05) is 0 Å². The van der Waals surface area contributed by atoms with Gasteiger partial charge in [0.05, 0.1) is 11.1 Å². The van der Waals surface area contributed by atoms with Gasteiger partial charge in [-0.2, -0.15) is 0 Å². The molecule has 3 rings (SSSR count). The number of halogens is 1. The number of aromatic nitrogens is 1. The average molecular weight is 354 g/mol. The maximum absolute atomic E-state index is 12.2. The van der Waals surface area contributed by atoms with E-state index in [0.717, 1.165) is 0 Å². The number of hydrogen-bond acceptors (Lipinski definition) is 5. The van der Waals surface area contributed by atoms with Gasteiger partial charge in [-0.3, -0.25) is 4.98 Å². The minimum Gasteiger partial charge on any atom is -0.419 e. The molecule has 1 heterocycles. The lowest BCUT2D eigenvalue weighted by Gasteiger charge is -2.10. The summed E-state index contributed by atoms with van der Waals surface area (Å²) >= 11 is 5.80. The highest BCUT2D eigenvalue weighted by molar-refractivity contribution is 6.30. The molecule has 3 aromatic rings. The molecule has 0 N–H and O–H groups in total. The molecule has 0 amide bonds. The maximum atomic E-state index is 12.2. The zero-order valence-corrected chi connectivity index (χ0v) is 13.6. The molecule has 0 aliphatic heterocycles. The van der Waals surface area contributed by atoms with E-state index in [0.29, 0.717) is 16.1 Å². The molecule has 6 heteroatoms. The summed E-state index contributed by atoms with van der Waals surface area (Å²) in [5, 5.41) is 0.517. The second kappa shape index (κ2) is 7.59. The van der Waals surface area contributed by atoms with E-state index in [1.54, 1.807) is 48.5 Å². The highest BCUT2D eigenvalue weighted by Crippen LogP contribution is 2.28. The van der Waals surface area contributed by atoms with Crippen LogP contribution in [-0.4, -0.2) is 16.9 Å². The van der Waals surface area contributed by atoms with Gasteiger partial charge in [0.1, 0.15) is 0 Å². The second-order valence-electron chi connectivity index (χ2n) is 4.97. The number of para-hydroxylation sites is 2. The molecule has 0 fully saturated rings. The molecule has 0 aliphatic carbocycles. The van der Waals surface area contributed by atoms with Crippen molar-refractivity contribution in [1.82, 2.24) is 4.98 Å². The predicted molar refractivity (Wildman–Crippen MR) is 92.0 cm³/mol. The Labute approximate surface area is 148 Å². The lowest BCUT2D eigenvalue weighted by Crippen LogP contribution is -2.12. The molecule has 0 radical (unpaired) electrons. The van der Waals surface area contributed by atoms with Crippen molar-refractivity contribution in [3.63, 3.8) is 0 Å². The molecule has 0 saturated carbocycles. The molecule has 0 aliphatic rings. The summed E-state index contributed by atoms with van der Waals surface area (Å²) in [6.45, 7) is 0. The third kappa shape index (κ3) is 4.22. The Kier molecular flexibility index (Phi) is 5.06. The van der Waals surface area contributed by atoms with Crippen LogP contribution < -0.4 is 9.47 Å². The Morgan fingerprint density at radius 1 is 0.720 bits per heavy atom. The van der Waals surface area contributed by atoms with Crippen molar-refractivity contribution in [2.45, 2.75) is 0 Å². The molecule has 25 heavy (non-hydrogen) atoms. The molecule has 2 aromatic carbocycles. The van der Waals surface area contributed by atoms with Crippen molar-refractivity contribution >= 4 is 23.5 Å². The van der Waals surface area contributed by atoms with Gasteiger partial charge in [-0.25, -0.2) is 9.59 Å². The van der Waals surface area contributed by atoms with Gasteiger partial charge in [0, 0.05) is 17.4 Å². The van der Waals surface area contributed by atoms with E-state index in [9.17, 15) is 9.59 Å². The summed E-state index contributed by atoms with van der Waals surface area (Å²) < 4.78 is 10.7.